The van der Waals surface area contributed by atoms with E-state index in [0.717, 1.165) is 5.56 Å². The largest absolute Gasteiger partial charge is 0.399 e. The summed E-state index contributed by atoms with van der Waals surface area (Å²) in [6, 6.07) is 11.6. The van der Waals surface area contributed by atoms with Crippen LogP contribution in [-0.4, -0.2) is 24.8 Å². The summed E-state index contributed by atoms with van der Waals surface area (Å²) >= 11 is 0. The topological polar surface area (TPSA) is 100 Å². The third-order valence-electron chi connectivity index (χ3n) is 2.92. The highest BCUT2D eigenvalue weighted by atomic mass is 32.2. The average molecular weight is 302 g/mol. The molecule has 0 aliphatic rings. The number of hydrogen-bond acceptors (Lipinski definition) is 5. The van der Waals surface area contributed by atoms with Crippen molar-refractivity contribution in [2.45, 2.75) is 11.4 Å². The van der Waals surface area contributed by atoms with Crippen LogP contribution >= 0.6 is 0 Å². The van der Waals surface area contributed by atoms with Crippen LogP contribution in [0.2, 0.25) is 0 Å². The molecule has 0 bridgehead atoms. The molecule has 0 aliphatic carbocycles. The molecule has 6 nitrogen and oxygen atoms in total. The molecule has 1 heterocycles. The lowest BCUT2D eigenvalue weighted by Crippen LogP contribution is -2.26. The van der Waals surface area contributed by atoms with Crippen molar-refractivity contribution in [2.24, 2.45) is 0 Å². The highest BCUT2D eigenvalue weighted by molar-refractivity contribution is 7.89. The molecular formula is C14H14N4O2S. The van der Waals surface area contributed by atoms with Gasteiger partial charge < -0.3 is 5.73 Å². The zero-order valence-corrected chi connectivity index (χ0v) is 12.2. The maximum Gasteiger partial charge on any atom is 0.244 e. The van der Waals surface area contributed by atoms with Gasteiger partial charge in [0.05, 0.1) is 0 Å². The molecule has 0 aliphatic heterocycles. The van der Waals surface area contributed by atoms with Crippen LogP contribution in [0, 0.1) is 11.3 Å². The van der Waals surface area contributed by atoms with E-state index < -0.39 is 10.0 Å². The Morgan fingerprint density at radius 2 is 2.10 bits per heavy atom. The molecule has 7 heteroatoms. The van der Waals surface area contributed by atoms with Crippen LogP contribution in [0.5, 0.6) is 0 Å². The lowest BCUT2D eigenvalue weighted by molar-refractivity contribution is 0.466. The van der Waals surface area contributed by atoms with E-state index in [1.54, 1.807) is 24.3 Å². The quantitative estimate of drug-likeness (QED) is 0.859. The van der Waals surface area contributed by atoms with Crippen LogP contribution < -0.4 is 5.73 Å². The van der Waals surface area contributed by atoms with Gasteiger partial charge in [0.25, 0.3) is 0 Å². The molecule has 0 unspecified atom stereocenters. The summed E-state index contributed by atoms with van der Waals surface area (Å²) in [5, 5.41) is 8.68. The van der Waals surface area contributed by atoms with Crippen LogP contribution in [-0.2, 0) is 16.6 Å². The van der Waals surface area contributed by atoms with Gasteiger partial charge in [0, 0.05) is 25.5 Å². The fourth-order valence-electron chi connectivity index (χ4n) is 1.81. The first-order valence-electron chi connectivity index (χ1n) is 6.10. The molecule has 0 amide bonds. The Balaban J connectivity index is 2.24. The third kappa shape index (κ3) is 3.37. The highest BCUT2D eigenvalue weighted by Gasteiger charge is 2.21. The number of benzene rings is 1. The molecule has 1 aromatic carbocycles. The standard InChI is InChI=1S/C14H14N4O2S/c1-18(10-11-3-2-4-12(16)7-11)21(19,20)14-6-5-13(8-15)17-9-14/h2-7,9H,10,16H2,1H3. The first-order valence-corrected chi connectivity index (χ1v) is 7.54. The van der Waals surface area contributed by atoms with E-state index in [1.807, 2.05) is 6.07 Å². The van der Waals surface area contributed by atoms with Gasteiger partial charge in [0.2, 0.25) is 10.0 Å². The van der Waals surface area contributed by atoms with E-state index in [1.165, 1.54) is 29.7 Å². The number of nitrogens with two attached hydrogens (primary N) is 1. The van der Waals surface area contributed by atoms with Crippen molar-refractivity contribution in [1.82, 2.24) is 9.29 Å². The minimum Gasteiger partial charge on any atom is -0.399 e. The molecule has 0 saturated heterocycles. The Labute approximate surface area is 123 Å². The van der Waals surface area contributed by atoms with Crippen LogP contribution in [0.25, 0.3) is 0 Å². The Hall–Kier alpha value is -2.43. The number of hydrogen-bond donors (Lipinski definition) is 1. The second kappa shape index (κ2) is 5.91. The number of rotatable bonds is 4. The summed E-state index contributed by atoms with van der Waals surface area (Å²) in [6.45, 7) is 0.202. The number of nitrogen functional groups attached to an aromatic ring is 1. The number of nitrogens with zero attached hydrogens (tertiary/aromatic N) is 3. The van der Waals surface area contributed by atoms with Crippen LogP contribution in [0.1, 0.15) is 11.3 Å². The van der Waals surface area contributed by atoms with Crippen LogP contribution in [0.15, 0.2) is 47.5 Å². The molecule has 0 fully saturated rings. The first kappa shape index (κ1) is 15.0. The summed E-state index contributed by atoms with van der Waals surface area (Å²) in [6.07, 6.45) is 1.18. The minimum atomic E-state index is -3.65. The zero-order valence-electron chi connectivity index (χ0n) is 11.4. The van der Waals surface area contributed by atoms with Crippen molar-refractivity contribution in [3.63, 3.8) is 0 Å². The van der Waals surface area contributed by atoms with Crippen molar-refractivity contribution < 1.29 is 8.42 Å². The molecule has 0 atom stereocenters. The van der Waals surface area contributed by atoms with Gasteiger partial charge in [-0.15, -0.1) is 0 Å². The molecule has 0 radical (unpaired) electrons. The smallest absolute Gasteiger partial charge is 0.244 e. The van der Waals surface area contributed by atoms with Gasteiger partial charge >= 0.3 is 0 Å². The number of aromatic nitrogens is 1. The number of nitriles is 1. The van der Waals surface area contributed by atoms with Gasteiger partial charge in [0.15, 0.2) is 0 Å². The van der Waals surface area contributed by atoms with Crippen molar-refractivity contribution in [1.29, 1.82) is 5.26 Å². The predicted octanol–water partition coefficient (Wildman–Crippen LogP) is 1.36. The summed E-state index contributed by atoms with van der Waals surface area (Å²) in [5.41, 5.74) is 7.23. The predicted molar refractivity (Wildman–Crippen MR) is 78.5 cm³/mol. The number of sulfonamides is 1. The zero-order chi connectivity index (χ0) is 15.5. The van der Waals surface area contributed by atoms with Gasteiger partial charge in [-0.1, -0.05) is 12.1 Å². The Morgan fingerprint density at radius 1 is 1.33 bits per heavy atom. The fourth-order valence-corrected chi connectivity index (χ4v) is 2.92. The van der Waals surface area contributed by atoms with Gasteiger partial charge in [-0.2, -0.15) is 9.57 Å². The maximum atomic E-state index is 12.4. The van der Waals surface area contributed by atoms with Crippen LogP contribution in [0.4, 0.5) is 5.69 Å². The third-order valence-corrected chi connectivity index (χ3v) is 4.70. The molecule has 0 saturated carbocycles. The van der Waals surface area contributed by atoms with Gasteiger partial charge in [0.1, 0.15) is 16.7 Å². The van der Waals surface area contributed by atoms with E-state index in [4.69, 9.17) is 11.0 Å². The molecular weight excluding hydrogens is 288 g/mol. The lowest BCUT2D eigenvalue weighted by atomic mass is 10.2. The van der Waals surface area contributed by atoms with Crippen molar-refractivity contribution in [3.05, 3.63) is 53.9 Å². The first-order chi connectivity index (χ1) is 9.93. The van der Waals surface area contributed by atoms with E-state index in [9.17, 15) is 8.42 Å². The molecule has 108 valence electrons. The maximum absolute atomic E-state index is 12.4. The molecule has 2 N–H and O–H groups in total. The lowest BCUT2D eigenvalue weighted by Gasteiger charge is -2.17. The molecule has 0 spiro atoms. The summed E-state index contributed by atoms with van der Waals surface area (Å²) in [4.78, 5) is 3.83. The van der Waals surface area contributed by atoms with Gasteiger partial charge in [-0.25, -0.2) is 13.4 Å². The van der Waals surface area contributed by atoms with Crippen molar-refractivity contribution >= 4 is 15.7 Å². The van der Waals surface area contributed by atoms with Gasteiger partial charge in [-0.05, 0) is 29.8 Å². The summed E-state index contributed by atoms with van der Waals surface area (Å²) < 4.78 is 26.0. The molecule has 2 rings (SSSR count). The normalized spacial score (nSPS) is 11.3. The molecule has 21 heavy (non-hydrogen) atoms. The monoisotopic (exact) mass is 302 g/mol. The summed E-state index contributed by atoms with van der Waals surface area (Å²) in [7, 11) is -2.17. The van der Waals surface area contributed by atoms with Crippen molar-refractivity contribution in [3.8, 4) is 6.07 Å². The summed E-state index contributed by atoms with van der Waals surface area (Å²) in [5.74, 6) is 0. The Bertz CT molecular complexity index is 779. The van der Waals surface area contributed by atoms with E-state index in [-0.39, 0.29) is 17.1 Å². The van der Waals surface area contributed by atoms with Crippen LogP contribution in [0.3, 0.4) is 0 Å². The average Bonchev–Trinajstić information content (AvgIpc) is 2.47. The fraction of sp³-hybridized carbons (Fsp3) is 0.143. The minimum absolute atomic E-state index is 0.0490. The van der Waals surface area contributed by atoms with Gasteiger partial charge in [-0.3, -0.25) is 0 Å². The second-order valence-electron chi connectivity index (χ2n) is 4.50. The van der Waals surface area contributed by atoms with E-state index in [2.05, 4.69) is 4.98 Å². The number of pyridine rings is 1. The SMILES string of the molecule is CN(Cc1cccc(N)c1)S(=O)(=O)c1ccc(C#N)nc1. The van der Waals surface area contributed by atoms with E-state index >= 15 is 0 Å². The Kier molecular flexibility index (Phi) is 4.21. The Morgan fingerprint density at radius 3 is 2.67 bits per heavy atom. The van der Waals surface area contributed by atoms with Crippen molar-refractivity contribution in [2.75, 3.05) is 12.8 Å². The molecule has 1 aromatic heterocycles. The highest BCUT2D eigenvalue weighted by Crippen LogP contribution is 2.17. The number of anilines is 1. The second-order valence-corrected chi connectivity index (χ2v) is 6.54. The molecule has 2 aromatic rings. The van der Waals surface area contributed by atoms with E-state index in [0.29, 0.717) is 5.69 Å².